The van der Waals surface area contributed by atoms with Crippen molar-refractivity contribution < 1.29 is 10.2 Å². The molecule has 0 aliphatic rings. The Hall–Kier alpha value is 0.412. The molecule has 0 fully saturated rings. The number of nitrogens with two attached hydrogens (primary N) is 1. The van der Waals surface area contributed by atoms with Crippen LogP contribution in [0.25, 0.3) is 0 Å². The van der Waals surface area contributed by atoms with E-state index in [1.54, 1.807) is 0 Å². The predicted octanol–water partition coefficient (Wildman–Crippen LogP) is -1.83. The smallest absolute Gasteiger partial charge is 0.187 e. The van der Waals surface area contributed by atoms with Gasteiger partial charge in [-0.1, -0.05) is 0 Å². The summed E-state index contributed by atoms with van der Waals surface area (Å²) in [5.41, 5.74) is 0. The molecule has 0 aliphatic heterocycles. The van der Waals surface area contributed by atoms with Crippen molar-refractivity contribution in [3.8, 4) is 0 Å². The summed E-state index contributed by atoms with van der Waals surface area (Å²) in [6.45, 7) is 0. The molecule has 0 aliphatic carbocycles. The quantitative estimate of drug-likeness (QED) is 0.204. The molecule has 0 amide bonds. The monoisotopic (exact) mass is 79.0 g/mol. The molecule has 0 radical (unpaired) electrons. The van der Waals surface area contributed by atoms with Crippen LogP contribution in [0, 0.1) is 0 Å². The molecule has 0 rings (SSSR count). The fourth-order valence-corrected chi connectivity index (χ4v) is 0. The van der Waals surface area contributed by atoms with Crippen molar-refractivity contribution in [2.45, 2.75) is 0 Å². The van der Waals surface area contributed by atoms with E-state index in [-0.39, 0.29) is 17.4 Å². The van der Waals surface area contributed by atoms with Gasteiger partial charge in [0.05, 0.1) is 0 Å². The molecule has 4 heteroatoms. The lowest BCUT2D eigenvalue weighted by Gasteiger charge is -1.59. The number of hydrogen-bond donors (Lipinski definition) is 2. The van der Waals surface area contributed by atoms with Crippen molar-refractivity contribution >= 4 is 17.4 Å². The maximum Gasteiger partial charge on any atom is 0.187 e. The third-order valence-corrected chi connectivity index (χ3v) is 0. The first-order valence-electron chi connectivity index (χ1n) is 0.418. The first kappa shape index (κ1) is 8.83. The zero-order valence-electron chi connectivity index (χ0n) is 1.43. The summed E-state index contributed by atoms with van der Waals surface area (Å²) in [5, 5.41) is 6.85. The summed E-state index contributed by atoms with van der Waals surface area (Å²) < 4.78 is 0. The van der Waals surface area contributed by atoms with Gasteiger partial charge < -0.3 is 0 Å². The summed E-state index contributed by atoms with van der Waals surface area (Å²) in [5.74, 6) is 3.90. The zero-order chi connectivity index (χ0) is 2.71. The molecule has 3 N–H and O–H groups in total. The van der Waals surface area contributed by atoms with Gasteiger partial charge in [-0.3, -0.25) is 0 Å². The molecule has 0 atom stereocenters. The zero-order valence-corrected chi connectivity index (χ0v) is 1.43. The molecular weight excluding hydrogens is 73.0 g/mol. The summed E-state index contributed by atoms with van der Waals surface area (Å²) in [6.07, 6.45) is 0. The van der Waals surface area contributed by atoms with Crippen LogP contribution in [0.3, 0.4) is 0 Å². The topological polar surface area (TPSA) is 55.5 Å². The molecule has 0 unspecified atom stereocenters. The molecule has 0 aromatic carbocycles. The highest BCUT2D eigenvalue weighted by molar-refractivity contribution is 5.75. The SMILES string of the molecule is NOO.[AlH3]. The molecule has 26 valence electrons. The number of hydrogen-bond acceptors (Lipinski definition) is 3. The van der Waals surface area contributed by atoms with Crippen LogP contribution in [0.4, 0.5) is 0 Å². The van der Waals surface area contributed by atoms with E-state index < -0.39 is 0 Å². The van der Waals surface area contributed by atoms with Gasteiger partial charge in [0, 0.05) is 0 Å². The molecule has 0 heterocycles. The third-order valence-electron chi connectivity index (χ3n) is 0. The molecule has 0 aromatic heterocycles. The Kier molecular flexibility index (Phi) is 22.0. The Bertz CT molecular complexity index is 6.00. The first-order chi connectivity index (χ1) is 1.41. The van der Waals surface area contributed by atoms with Gasteiger partial charge in [0.2, 0.25) is 0 Å². The van der Waals surface area contributed by atoms with Gasteiger partial charge in [-0.25, -0.2) is 5.26 Å². The molecule has 4 heavy (non-hydrogen) atoms. The average molecular weight is 79.0 g/mol. The normalized spacial score (nSPS) is 4.50. The van der Waals surface area contributed by atoms with Gasteiger partial charge in [-0.15, -0.1) is 4.99 Å². The third kappa shape index (κ3) is 28.3. The van der Waals surface area contributed by atoms with Crippen molar-refractivity contribution in [2.24, 2.45) is 5.90 Å². The maximum atomic E-state index is 6.85. The van der Waals surface area contributed by atoms with Crippen molar-refractivity contribution in [1.29, 1.82) is 0 Å². The van der Waals surface area contributed by atoms with Crippen LogP contribution in [0.15, 0.2) is 0 Å². The molecule has 3 nitrogen and oxygen atoms in total. The van der Waals surface area contributed by atoms with Gasteiger partial charge in [-0.05, 0) is 0 Å². The highest BCUT2D eigenvalue weighted by Crippen LogP contribution is 1.11. The van der Waals surface area contributed by atoms with Crippen molar-refractivity contribution in [3.63, 3.8) is 0 Å². The van der Waals surface area contributed by atoms with E-state index in [1.165, 1.54) is 0 Å². The van der Waals surface area contributed by atoms with Crippen molar-refractivity contribution in [1.82, 2.24) is 0 Å². The van der Waals surface area contributed by atoms with Gasteiger partial charge in [0.15, 0.2) is 17.4 Å². The molecule has 0 saturated heterocycles. The van der Waals surface area contributed by atoms with Crippen molar-refractivity contribution in [2.75, 3.05) is 0 Å². The van der Waals surface area contributed by atoms with Gasteiger partial charge >= 0.3 is 0 Å². The molecule has 0 bridgehead atoms. The second kappa shape index (κ2) is 9.95. The van der Waals surface area contributed by atoms with E-state index in [2.05, 4.69) is 10.9 Å². The minimum absolute atomic E-state index is 0. The van der Waals surface area contributed by atoms with E-state index in [9.17, 15) is 0 Å². The Balaban J connectivity index is 0. The van der Waals surface area contributed by atoms with E-state index in [0.29, 0.717) is 0 Å². The van der Waals surface area contributed by atoms with E-state index in [0.717, 1.165) is 0 Å². The van der Waals surface area contributed by atoms with Gasteiger partial charge in [0.1, 0.15) is 0 Å². The van der Waals surface area contributed by atoms with E-state index in [1.807, 2.05) is 0 Å². The lowest BCUT2D eigenvalue weighted by atomic mass is 13.5. The minimum Gasteiger partial charge on any atom is -0.233 e. The van der Waals surface area contributed by atoms with Crippen LogP contribution in [-0.4, -0.2) is 22.6 Å². The summed E-state index contributed by atoms with van der Waals surface area (Å²) in [4.78, 5) is 2.75. The van der Waals surface area contributed by atoms with Crippen LogP contribution >= 0.6 is 0 Å². The minimum atomic E-state index is 0. The average Bonchev–Trinajstić information content (AvgIpc) is 0.918. The second-order valence-corrected chi connectivity index (χ2v) is 0.105. The lowest BCUT2D eigenvalue weighted by molar-refractivity contribution is -0.247. The Morgan fingerprint density at radius 1 is 1.75 bits per heavy atom. The molecular formula is H6AlNO2. The molecule has 0 aromatic rings. The molecule has 0 saturated carbocycles. The maximum absolute atomic E-state index is 6.85. The summed E-state index contributed by atoms with van der Waals surface area (Å²) in [7, 11) is 0. The largest absolute Gasteiger partial charge is 0.233 e. The predicted molar refractivity (Wildman–Crippen MR) is 17.8 cm³/mol. The van der Waals surface area contributed by atoms with Gasteiger partial charge in [-0.2, -0.15) is 5.90 Å². The second-order valence-electron chi connectivity index (χ2n) is 0.105. The van der Waals surface area contributed by atoms with Crippen LogP contribution in [0.5, 0.6) is 0 Å². The standard InChI is InChI=1S/Al.H3NO2.3H/c;1-3-2;;;/h;2H,1H2;;;. The fourth-order valence-electron chi connectivity index (χ4n) is 0. The Morgan fingerprint density at radius 2 is 1.75 bits per heavy atom. The highest BCUT2D eigenvalue weighted by atomic mass is 27.0. The van der Waals surface area contributed by atoms with Crippen LogP contribution < -0.4 is 5.90 Å². The summed E-state index contributed by atoms with van der Waals surface area (Å²) in [6, 6.07) is 0. The van der Waals surface area contributed by atoms with Crippen molar-refractivity contribution in [3.05, 3.63) is 0 Å². The lowest BCUT2D eigenvalue weighted by Crippen LogP contribution is -1.87. The van der Waals surface area contributed by atoms with Crippen LogP contribution in [-0.2, 0) is 4.99 Å². The van der Waals surface area contributed by atoms with E-state index in [4.69, 9.17) is 5.26 Å². The van der Waals surface area contributed by atoms with E-state index >= 15 is 0 Å². The molecule has 0 spiro atoms. The number of rotatable bonds is 0. The Morgan fingerprint density at radius 3 is 1.75 bits per heavy atom. The fraction of sp³-hybridized carbons (Fsp3) is 0. The Labute approximate surface area is 34.4 Å². The van der Waals surface area contributed by atoms with Gasteiger partial charge in [0.25, 0.3) is 0 Å². The summed E-state index contributed by atoms with van der Waals surface area (Å²) >= 11 is 0. The first-order valence-corrected chi connectivity index (χ1v) is 0.418. The van der Waals surface area contributed by atoms with Crippen LogP contribution in [0.2, 0.25) is 0 Å². The van der Waals surface area contributed by atoms with Crippen LogP contribution in [0.1, 0.15) is 0 Å². The highest BCUT2D eigenvalue weighted by Gasteiger charge is 1.24.